The van der Waals surface area contributed by atoms with E-state index in [1.54, 1.807) is 12.4 Å². The molecule has 0 spiro atoms. The molecule has 0 saturated carbocycles. The molecule has 1 aromatic rings. The molecule has 2 aliphatic heterocycles. The fraction of sp³-hybridized carbons (Fsp3) is 0.357. The number of nitrogen functional groups attached to an aromatic ring is 1. The van der Waals surface area contributed by atoms with Crippen LogP contribution in [0.25, 0.3) is 5.70 Å². The van der Waals surface area contributed by atoms with E-state index in [0.717, 1.165) is 24.2 Å². The number of halogens is 1. The Hall–Kier alpha value is -1.69. The summed E-state index contributed by atoms with van der Waals surface area (Å²) in [6.07, 6.45) is 7.64. The predicted octanol–water partition coefficient (Wildman–Crippen LogP) is 2.19. The van der Waals surface area contributed by atoms with E-state index in [0.29, 0.717) is 18.7 Å². The molecule has 2 N–H and O–H groups in total. The average molecular weight is 335 g/mol. The molecule has 3 rings (SSSR count). The van der Waals surface area contributed by atoms with E-state index in [1.165, 1.54) is 0 Å². The van der Waals surface area contributed by atoms with E-state index in [1.807, 2.05) is 23.1 Å². The van der Waals surface area contributed by atoms with E-state index < -0.39 is 4.45 Å². The van der Waals surface area contributed by atoms with Crippen molar-refractivity contribution in [1.82, 2.24) is 9.88 Å². The van der Waals surface area contributed by atoms with Gasteiger partial charge < -0.3 is 10.6 Å². The van der Waals surface area contributed by atoms with Crippen LogP contribution in [0.4, 0.5) is 5.82 Å². The first kappa shape index (κ1) is 13.3. The molecule has 1 atom stereocenters. The van der Waals surface area contributed by atoms with Crippen molar-refractivity contribution in [3.8, 4) is 0 Å². The van der Waals surface area contributed by atoms with Crippen LogP contribution in [0, 0.1) is 0 Å². The number of rotatable bonds is 2. The number of aliphatic imine (C=N–C) groups is 1. The highest BCUT2D eigenvalue weighted by Crippen LogP contribution is 2.36. The van der Waals surface area contributed by atoms with Crippen molar-refractivity contribution >= 4 is 39.6 Å². The minimum Gasteiger partial charge on any atom is -0.383 e. The largest absolute Gasteiger partial charge is 0.383 e. The third-order valence-electron chi connectivity index (χ3n) is 3.62. The molecule has 0 radical (unpaired) electrons. The number of carbonyl (C=O) groups is 1. The smallest absolute Gasteiger partial charge is 0.224 e. The zero-order valence-corrected chi connectivity index (χ0v) is 12.5. The van der Waals surface area contributed by atoms with Gasteiger partial charge in [-0.3, -0.25) is 9.79 Å². The van der Waals surface area contributed by atoms with Crippen LogP contribution in [0.15, 0.2) is 29.4 Å². The van der Waals surface area contributed by atoms with Crippen molar-refractivity contribution in [2.24, 2.45) is 4.99 Å². The van der Waals surface area contributed by atoms with Crippen LogP contribution in [0.2, 0.25) is 0 Å². The second-order valence-corrected chi connectivity index (χ2v) is 6.33. The Morgan fingerprint density at radius 2 is 2.30 bits per heavy atom. The third-order valence-corrected chi connectivity index (χ3v) is 4.58. The lowest BCUT2D eigenvalue weighted by Crippen LogP contribution is -2.46. The molecule has 6 heteroatoms. The Kier molecular flexibility index (Phi) is 3.33. The highest BCUT2D eigenvalue weighted by molar-refractivity contribution is 9.10. The fourth-order valence-electron chi connectivity index (χ4n) is 2.55. The average Bonchev–Trinajstić information content (AvgIpc) is 2.88. The number of aromatic nitrogens is 1. The van der Waals surface area contributed by atoms with Gasteiger partial charge in [-0.25, -0.2) is 4.98 Å². The maximum Gasteiger partial charge on any atom is 0.224 e. The summed E-state index contributed by atoms with van der Waals surface area (Å²) in [5.41, 5.74) is 7.49. The number of pyridine rings is 1. The van der Waals surface area contributed by atoms with Gasteiger partial charge in [0, 0.05) is 37.4 Å². The molecular formula is C14H15BrN4O. The normalized spacial score (nSPS) is 25.9. The lowest BCUT2D eigenvalue weighted by atomic mass is 10.1. The third kappa shape index (κ3) is 2.24. The van der Waals surface area contributed by atoms with E-state index in [4.69, 9.17) is 5.73 Å². The standard InChI is InChI=1S/C14H15BrN4O/c15-14(19-8-2-4-12(19)20)6-5-11(18-9-14)10-3-1-7-17-13(10)16/h1,3,5,7,9H,2,4,6,8H2,(H2,16,17). The highest BCUT2D eigenvalue weighted by atomic mass is 79.9. The van der Waals surface area contributed by atoms with Gasteiger partial charge in [-0.15, -0.1) is 0 Å². The van der Waals surface area contributed by atoms with E-state index in [-0.39, 0.29) is 5.91 Å². The highest BCUT2D eigenvalue weighted by Gasteiger charge is 2.39. The summed E-state index contributed by atoms with van der Waals surface area (Å²) in [5, 5.41) is 0. The maximum absolute atomic E-state index is 11.9. The van der Waals surface area contributed by atoms with Gasteiger partial charge >= 0.3 is 0 Å². The van der Waals surface area contributed by atoms with E-state index >= 15 is 0 Å². The summed E-state index contributed by atoms with van der Waals surface area (Å²) in [6.45, 7) is 0.772. The summed E-state index contributed by atoms with van der Waals surface area (Å²) >= 11 is 3.65. The van der Waals surface area contributed by atoms with Crippen molar-refractivity contribution < 1.29 is 4.79 Å². The van der Waals surface area contributed by atoms with Crippen LogP contribution < -0.4 is 5.73 Å². The molecule has 2 aliphatic rings. The number of nitrogens with two attached hydrogens (primary N) is 1. The van der Waals surface area contributed by atoms with Crippen LogP contribution in [0.5, 0.6) is 0 Å². The number of likely N-dealkylation sites (tertiary alicyclic amines) is 1. The number of hydrogen-bond acceptors (Lipinski definition) is 4. The van der Waals surface area contributed by atoms with Gasteiger partial charge in [-0.2, -0.15) is 0 Å². The molecular weight excluding hydrogens is 320 g/mol. The first-order valence-corrected chi connectivity index (χ1v) is 7.35. The molecule has 0 aromatic carbocycles. The summed E-state index contributed by atoms with van der Waals surface area (Å²) in [4.78, 5) is 22.2. The fourth-order valence-corrected chi connectivity index (χ4v) is 3.19. The summed E-state index contributed by atoms with van der Waals surface area (Å²) in [6, 6.07) is 3.73. The first-order valence-electron chi connectivity index (χ1n) is 6.56. The van der Waals surface area contributed by atoms with E-state index in [9.17, 15) is 4.79 Å². The number of alkyl halides is 1. The molecule has 0 aliphatic carbocycles. The number of anilines is 1. The van der Waals surface area contributed by atoms with Gasteiger partial charge in [-0.1, -0.05) is 22.0 Å². The lowest BCUT2D eigenvalue weighted by Gasteiger charge is -2.34. The van der Waals surface area contributed by atoms with Crippen molar-refractivity contribution in [3.05, 3.63) is 30.0 Å². The summed E-state index contributed by atoms with van der Waals surface area (Å²) in [7, 11) is 0. The van der Waals surface area contributed by atoms with Crippen LogP contribution in [-0.4, -0.2) is 33.0 Å². The predicted molar refractivity (Wildman–Crippen MR) is 82.3 cm³/mol. The Morgan fingerprint density at radius 3 is 2.90 bits per heavy atom. The summed E-state index contributed by atoms with van der Waals surface area (Å²) < 4.78 is -0.499. The maximum atomic E-state index is 11.9. The molecule has 1 unspecified atom stereocenters. The monoisotopic (exact) mass is 334 g/mol. The van der Waals surface area contributed by atoms with Gasteiger partial charge in [0.25, 0.3) is 0 Å². The number of carbonyl (C=O) groups excluding carboxylic acids is 1. The molecule has 1 saturated heterocycles. The minimum atomic E-state index is -0.499. The number of hydrogen-bond donors (Lipinski definition) is 1. The molecule has 3 heterocycles. The quantitative estimate of drug-likeness (QED) is 0.665. The van der Waals surface area contributed by atoms with Crippen molar-refractivity contribution in [2.45, 2.75) is 23.7 Å². The number of amides is 1. The van der Waals surface area contributed by atoms with Gasteiger partial charge in [0.1, 0.15) is 10.3 Å². The van der Waals surface area contributed by atoms with Gasteiger partial charge in [0.05, 0.1) is 5.70 Å². The molecule has 1 amide bonds. The van der Waals surface area contributed by atoms with Crippen LogP contribution in [0.3, 0.4) is 0 Å². The zero-order chi connectivity index (χ0) is 14.2. The topological polar surface area (TPSA) is 71.6 Å². The molecule has 1 aromatic heterocycles. The van der Waals surface area contributed by atoms with Crippen molar-refractivity contribution in [1.29, 1.82) is 0 Å². The first-order chi connectivity index (χ1) is 9.60. The lowest BCUT2D eigenvalue weighted by molar-refractivity contribution is -0.128. The molecule has 5 nitrogen and oxygen atoms in total. The van der Waals surface area contributed by atoms with Crippen LogP contribution in [-0.2, 0) is 4.79 Å². The van der Waals surface area contributed by atoms with Gasteiger partial charge in [-0.05, 0) is 18.6 Å². The Bertz CT molecular complexity index is 613. The van der Waals surface area contributed by atoms with E-state index in [2.05, 4.69) is 25.9 Å². The molecule has 0 bridgehead atoms. The minimum absolute atomic E-state index is 0.172. The van der Waals surface area contributed by atoms with Crippen molar-refractivity contribution in [2.75, 3.05) is 12.3 Å². The Balaban J connectivity index is 1.84. The van der Waals surface area contributed by atoms with Crippen LogP contribution in [0.1, 0.15) is 24.8 Å². The second-order valence-electron chi connectivity index (χ2n) is 4.96. The summed E-state index contributed by atoms with van der Waals surface area (Å²) in [5.74, 6) is 0.640. The Labute approximate surface area is 125 Å². The van der Waals surface area contributed by atoms with Gasteiger partial charge in [0.2, 0.25) is 5.91 Å². The van der Waals surface area contributed by atoms with Crippen molar-refractivity contribution in [3.63, 3.8) is 0 Å². The number of nitrogens with zero attached hydrogens (tertiary/aromatic N) is 3. The molecule has 20 heavy (non-hydrogen) atoms. The SMILES string of the molecule is Nc1ncccc1C1=CCC(Br)(N2CCCC2=O)C=N1. The second kappa shape index (κ2) is 5.01. The van der Waals surface area contributed by atoms with Crippen LogP contribution >= 0.6 is 15.9 Å². The van der Waals surface area contributed by atoms with Gasteiger partial charge in [0.15, 0.2) is 0 Å². The molecule has 104 valence electrons. The zero-order valence-electron chi connectivity index (χ0n) is 10.9. The Morgan fingerprint density at radius 1 is 1.45 bits per heavy atom. The molecule has 1 fully saturated rings.